The molecule has 0 amide bonds. The van der Waals surface area contributed by atoms with Gasteiger partial charge in [-0.05, 0) is 36.6 Å². The van der Waals surface area contributed by atoms with E-state index in [1.807, 2.05) is 4.90 Å². The third-order valence-corrected chi connectivity index (χ3v) is 5.67. The topological polar surface area (TPSA) is 49.4 Å². The minimum atomic E-state index is -4.05. The molecule has 1 aliphatic rings. The standard InChI is InChI=1S/C17H16F4N2O2S/c18-12-5-13(19)7-15(6-12)26(24,25)22-9-11-3-4-23(10-11)14-1-2-16(20)17(21)8-14/h1-2,5-8,11,22H,3-4,9-10H2. The van der Waals surface area contributed by atoms with Crippen LogP contribution >= 0.6 is 0 Å². The lowest BCUT2D eigenvalue weighted by Crippen LogP contribution is -2.31. The Morgan fingerprint density at radius 3 is 2.35 bits per heavy atom. The summed E-state index contributed by atoms with van der Waals surface area (Å²) < 4.78 is 79.4. The van der Waals surface area contributed by atoms with E-state index in [0.29, 0.717) is 31.3 Å². The third-order valence-electron chi connectivity index (χ3n) is 4.26. The molecule has 3 rings (SSSR count). The molecular weight excluding hydrogens is 372 g/mol. The van der Waals surface area contributed by atoms with Crippen molar-refractivity contribution in [3.8, 4) is 0 Å². The highest BCUT2D eigenvalue weighted by molar-refractivity contribution is 7.89. The summed E-state index contributed by atoms with van der Waals surface area (Å²) in [7, 11) is -4.05. The summed E-state index contributed by atoms with van der Waals surface area (Å²) in [4.78, 5) is 1.34. The lowest BCUT2D eigenvalue weighted by atomic mass is 10.1. The SMILES string of the molecule is O=S(=O)(NCC1CCN(c2ccc(F)c(F)c2)C1)c1cc(F)cc(F)c1. The molecule has 0 radical (unpaired) electrons. The number of benzene rings is 2. The van der Waals surface area contributed by atoms with Crippen molar-refractivity contribution in [2.45, 2.75) is 11.3 Å². The van der Waals surface area contributed by atoms with Crippen LogP contribution in [0.15, 0.2) is 41.3 Å². The van der Waals surface area contributed by atoms with Gasteiger partial charge < -0.3 is 4.90 Å². The average Bonchev–Trinajstić information content (AvgIpc) is 3.04. The Bertz CT molecular complexity index is 901. The van der Waals surface area contributed by atoms with Crippen molar-refractivity contribution in [1.29, 1.82) is 0 Å². The van der Waals surface area contributed by atoms with E-state index in [2.05, 4.69) is 4.72 Å². The molecule has 1 saturated heterocycles. The van der Waals surface area contributed by atoms with Crippen LogP contribution in [0.4, 0.5) is 23.2 Å². The normalized spacial score (nSPS) is 17.7. The lowest BCUT2D eigenvalue weighted by molar-refractivity contribution is 0.508. The third kappa shape index (κ3) is 4.16. The summed E-state index contributed by atoms with van der Waals surface area (Å²) >= 11 is 0. The van der Waals surface area contributed by atoms with E-state index in [-0.39, 0.29) is 12.5 Å². The summed E-state index contributed by atoms with van der Waals surface area (Å²) in [5.41, 5.74) is 0.515. The van der Waals surface area contributed by atoms with Gasteiger partial charge in [-0.3, -0.25) is 0 Å². The molecule has 0 aromatic heterocycles. The Hall–Kier alpha value is -2.13. The predicted octanol–water partition coefficient (Wildman–Crippen LogP) is 3.05. The van der Waals surface area contributed by atoms with Crippen molar-refractivity contribution in [2.75, 3.05) is 24.5 Å². The van der Waals surface area contributed by atoms with Crippen molar-refractivity contribution in [1.82, 2.24) is 4.72 Å². The fourth-order valence-corrected chi connectivity index (χ4v) is 4.07. The fourth-order valence-electron chi connectivity index (χ4n) is 2.91. The van der Waals surface area contributed by atoms with Crippen LogP contribution in [0.1, 0.15) is 6.42 Å². The molecule has 1 heterocycles. The Labute approximate surface area is 148 Å². The van der Waals surface area contributed by atoms with Crippen LogP contribution in [0.2, 0.25) is 0 Å². The average molecular weight is 388 g/mol. The van der Waals surface area contributed by atoms with Gasteiger partial charge in [0.2, 0.25) is 10.0 Å². The highest BCUT2D eigenvalue weighted by Gasteiger charge is 2.25. The maximum Gasteiger partial charge on any atom is 0.240 e. The first-order valence-corrected chi connectivity index (χ1v) is 9.39. The molecular formula is C17H16F4N2O2S. The van der Waals surface area contributed by atoms with Crippen molar-refractivity contribution >= 4 is 15.7 Å². The number of sulfonamides is 1. The minimum Gasteiger partial charge on any atom is -0.371 e. The predicted molar refractivity (Wildman–Crippen MR) is 88.2 cm³/mol. The quantitative estimate of drug-likeness (QED) is 0.801. The number of hydrogen-bond acceptors (Lipinski definition) is 3. The van der Waals surface area contributed by atoms with Crippen LogP contribution in [0.3, 0.4) is 0 Å². The van der Waals surface area contributed by atoms with Crippen LogP contribution in [-0.2, 0) is 10.0 Å². The number of nitrogens with zero attached hydrogens (tertiary/aromatic N) is 1. The van der Waals surface area contributed by atoms with Crippen LogP contribution in [0.25, 0.3) is 0 Å². The van der Waals surface area contributed by atoms with Crippen molar-refractivity contribution < 1.29 is 26.0 Å². The highest BCUT2D eigenvalue weighted by Crippen LogP contribution is 2.25. The van der Waals surface area contributed by atoms with E-state index in [1.165, 1.54) is 6.07 Å². The maximum atomic E-state index is 13.3. The number of anilines is 1. The van der Waals surface area contributed by atoms with E-state index in [1.54, 1.807) is 0 Å². The Morgan fingerprint density at radius 1 is 1.00 bits per heavy atom. The van der Waals surface area contributed by atoms with Gasteiger partial charge in [0, 0.05) is 37.5 Å². The second-order valence-electron chi connectivity index (χ2n) is 6.16. The van der Waals surface area contributed by atoms with E-state index in [4.69, 9.17) is 0 Å². The zero-order valence-corrected chi connectivity index (χ0v) is 14.4. The molecule has 9 heteroatoms. The van der Waals surface area contributed by atoms with Gasteiger partial charge in [-0.25, -0.2) is 30.7 Å². The Balaban J connectivity index is 1.62. The highest BCUT2D eigenvalue weighted by atomic mass is 32.2. The van der Waals surface area contributed by atoms with E-state index in [9.17, 15) is 26.0 Å². The van der Waals surface area contributed by atoms with Crippen molar-refractivity contribution in [3.63, 3.8) is 0 Å². The van der Waals surface area contributed by atoms with Crippen molar-refractivity contribution in [2.24, 2.45) is 5.92 Å². The van der Waals surface area contributed by atoms with Crippen LogP contribution < -0.4 is 9.62 Å². The zero-order chi connectivity index (χ0) is 18.9. The van der Waals surface area contributed by atoms with Gasteiger partial charge in [0.15, 0.2) is 11.6 Å². The van der Waals surface area contributed by atoms with Crippen LogP contribution in [0, 0.1) is 29.2 Å². The first-order chi connectivity index (χ1) is 12.2. The number of rotatable bonds is 5. The van der Waals surface area contributed by atoms with E-state index >= 15 is 0 Å². The van der Waals surface area contributed by atoms with Gasteiger partial charge in [0.1, 0.15) is 11.6 Å². The van der Waals surface area contributed by atoms with Gasteiger partial charge in [0.25, 0.3) is 0 Å². The second kappa shape index (κ2) is 7.24. The fraction of sp³-hybridized carbons (Fsp3) is 0.294. The maximum absolute atomic E-state index is 13.3. The molecule has 4 nitrogen and oxygen atoms in total. The number of nitrogens with one attached hydrogen (secondary N) is 1. The van der Waals surface area contributed by atoms with E-state index in [0.717, 1.165) is 24.3 Å². The van der Waals surface area contributed by atoms with Crippen molar-refractivity contribution in [3.05, 3.63) is 59.7 Å². The molecule has 1 fully saturated rings. The monoisotopic (exact) mass is 388 g/mol. The molecule has 1 N–H and O–H groups in total. The summed E-state index contributed by atoms with van der Waals surface area (Å²) in [6.45, 7) is 1.08. The number of hydrogen-bond donors (Lipinski definition) is 1. The van der Waals surface area contributed by atoms with Gasteiger partial charge in [-0.2, -0.15) is 0 Å². The first-order valence-electron chi connectivity index (χ1n) is 7.90. The minimum absolute atomic E-state index is 0.0701. The molecule has 0 aliphatic carbocycles. The Morgan fingerprint density at radius 2 is 1.69 bits per heavy atom. The van der Waals surface area contributed by atoms with E-state index < -0.39 is 38.2 Å². The number of halogens is 4. The summed E-state index contributed by atoms with van der Waals surface area (Å²) in [6.07, 6.45) is 0.638. The smallest absolute Gasteiger partial charge is 0.240 e. The largest absolute Gasteiger partial charge is 0.371 e. The molecule has 2 aromatic rings. The molecule has 1 atom stereocenters. The van der Waals surface area contributed by atoms with Gasteiger partial charge in [-0.1, -0.05) is 0 Å². The lowest BCUT2D eigenvalue weighted by Gasteiger charge is -2.19. The van der Waals surface area contributed by atoms with Crippen LogP contribution in [-0.4, -0.2) is 28.1 Å². The Kier molecular flexibility index (Phi) is 5.19. The second-order valence-corrected chi connectivity index (χ2v) is 7.92. The summed E-state index contributed by atoms with van der Waals surface area (Å²) in [5, 5.41) is 0. The molecule has 2 aromatic carbocycles. The molecule has 0 saturated carbocycles. The zero-order valence-electron chi connectivity index (χ0n) is 13.6. The summed E-state index contributed by atoms with van der Waals surface area (Å²) in [5.74, 6) is -3.90. The summed E-state index contributed by atoms with van der Waals surface area (Å²) in [6, 6.07) is 5.67. The van der Waals surface area contributed by atoms with Gasteiger partial charge in [-0.15, -0.1) is 0 Å². The van der Waals surface area contributed by atoms with Gasteiger partial charge >= 0.3 is 0 Å². The molecule has 140 valence electrons. The molecule has 0 spiro atoms. The molecule has 1 aliphatic heterocycles. The molecule has 26 heavy (non-hydrogen) atoms. The van der Waals surface area contributed by atoms with Crippen LogP contribution in [0.5, 0.6) is 0 Å². The van der Waals surface area contributed by atoms with Gasteiger partial charge in [0.05, 0.1) is 4.90 Å². The molecule has 1 unspecified atom stereocenters. The molecule has 0 bridgehead atoms. The first kappa shape index (κ1) is 18.7.